The van der Waals surface area contributed by atoms with E-state index in [1.807, 2.05) is 19.2 Å². The van der Waals surface area contributed by atoms with Crippen molar-refractivity contribution in [1.82, 2.24) is 15.2 Å². The van der Waals surface area contributed by atoms with Crippen LogP contribution >= 0.6 is 0 Å². The number of carbonyl (C=O) groups excluding carboxylic acids is 1. The fraction of sp³-hybridized carbons (Fsp3) is 0.714. The molecule has 1 aromatic heterocycles. The number of likely N-dealkylation sites (tertiary alicyclic amines) is 1. The average Bonchev–Trinajstić information content (AvgIpc) is 3.16. The zero-order valence-corrected chi connectivity index (χ0v) is 16.6. The lowest BCUT2D eigenvalue weighted by Gasteiger charge is -2.35. The maximum atomic E-state index is 10.4. The second kappa shape index (κ2) is 10.5. The number of ether oxygens (including phenoxy) is 1. The summed E-state index contributed by atoms with van der Waals surface area (Å²) in [5, 5.41) is 5.79. The molecule has 2 unspecified atom stereocenters. The summed E-state index contributed by atoms with van der Waals surface area (Å²) < 4.78 is 5.85. The molecular weight excluding hydrogens is 340 g/mol. The maximum Gasteiger partial charge on any atom is 0.215 e. The summed E-state index contributed by atoms with van der Waals surface area (Å²) in [6, 6.07) is 3.94. The van der Waals surface area contributed by atoms with Gasteiger partial charge >= 0.3 is 0 Å². The molecule has 150 valence electrons. The van der Waals surface area contributed by atoms with E-state index in [1.165, 1.54) is 51.7 Å². The lowest BCUT2D eigenvalue weighted by atomic mass is 9.88. The van der Waals surface area contributed by atoms with Crippen LogP contribution in [0.3, 0.4) is 0 Å². The van der Waals surface area contributed by atoms with E-state index in [-0.39, 0.29) is 0 Å². The molecular formula is C21H34N4O2. The zero-order chi connectivity index (χ0) is 18.9. The van der Waals surface area contributed by atoms with Gasteiger partial charge in [0.2, 0.25) is 12.3 Å². The summed E-state index contributed by atoms with van der Waals surface area (Å²) in [6.07, 6.45) is 9.50. The van der Waals surface area contributed by atoms with Crippen LogP contribution < -0.4 is 15.4 Å². The summed E-state index contributed by atoms with van der Waals surface area (Å²) in [6.45, 7) is 5.12. The molecule has 1 saturated carbocycles. The van der Waals surface area contributed by atoms with Crippen LogP contribution in [0.15, 0.2) is 12.1 Å². The number of anilines is 1. The Morgan fingerprint density at radius 1 is 1.26 bits per heavy atom. The van der Waals surface area contributed by atoms with Crippen molar-refractivity contribution in [2.24, 2.45) is 11.8 Å². The van der Waals surface area contributed by atoms with E-state index in [0.717, 1.165) is 42.5 Å². The van der Waals surface area contributed by atoms with E-state index in [2.05, 4.69) is 20.5 Å². The van der Waals surface area contributed by atoms with Gasteiger partial charge in [-0.3, -0.25) is 4.79 Å². The number of carbonyl (C=O) groups is 1. The second-order valence-electron chi connectivity index (χ2n) is 7.83. The van der Waals surface area contributed by atoms with Gasteiger partial charge in [0.25, 0.3) is 0 Å². The number of aromatic nitrogens is 1. The number of nitrogens with zero attached hydrogens (tertiary/aromatic N) is 2. The van der Waals surface area contributed by atoms with Gasteiger partial charge in [-0.25, -0.2) is 0 Å². The number of piperidine rings is 1. The van der Waals surface area contributed by atoms with Gasteiger partial charge < -0.3 is 20.3 Å². The molecule has 2 fully saturated rings. The first-order valence-corrected chi connectivity index (χ1v) is 10.5. The standard InChI is InChI=1S/C21H34N4O2/c1-22-21-18(9-11-23-16-26)7-8-20(24-21)27-14-3-2-12-25-13-10-17-5-4-6-19(17)15-25/h7-8,16-17,19H,2-6,9-15H2,1H3,(H,22,24)(H,23,26). The van der Waals surface area contributed by atoms with Crippen LogP contribution in [0.5, 0.6) is 5.88 Å². The van der Waals surface area contributed by atoms with Crippen molar-refractivity contribution in [3.8, 4) is 5.88 Å². The quantitative estimate of drug-likeness (QED) is 0.460. The lowest BCUT2D eigenvalue weighted by Crippen LogP contribution is -2.38. The van der Waals surface area contributed by atoms with Gasteiger partial charge in [0.05, 0.1) is 6.61 Å². The van der Waals surface area contributed by atoms with E-state index >= 15 is 0 Å². The smallest absolute Gasteiger partial charge is 0.215 e. The Kier molecular flexibility index (Phi) is 7.75. The van der Waals surface area contributed by atoms with Crippen LogP contribution in [-0.4, -0.2) is 56.1 Å². The molecule has 1 aliphatic heterocycles. The normalized spacial score (nSPS) is 22.3. The Hall–Kier alpha value is -1.82. The number of amides is 1. The second-order valence-corrected chi connectivity index (χ2v) is 7.83. The summed E-state index contributed by atoms with van der Waals surface area (Å²) in [4.78, 5) is 17.6. The number of rotatable bonds is 11. The van der Waals surface area contributed by atoms with Gasteiger partial charge in [0, 0.05) is 26.2 Å². The zero-order valence-electron chi connectivity index (χ0n) is 16.6. The number of hydrogen-bond donors (Lipinski definition) is 2. The van der Waals surface area contributed by atoms with Crippen LogP contribution in [0.1, 0.15) is 44.1 Å². The lowest BCUT2D eigenvalue weighted by molar-refractivity contribution is -0.109. The number of pyridine rings is 1. The summed E-state index contributed by atoms with van der Waals surface area (Å²) >= 11 is 0. The Labute approximate surface area is 163 Å². The molecule has 1 amide bonds. The SMILES string of the molecule is CNc1nc(OCCCCN2CCC3CCCC3C2)ccc1CCNC=O. The van der Waals surface area contributed by atoms with E-state index < -0.39 is 0 Å². The monoisotopic (exact) mass is 374 g/mol. The number of unbranched alkanes of at least 4 members (excludes halogenated alkanes) is 1. The van der Waals surface area contributed by atoms with E-state index in [1.54, 1.807) is 0 Å². The first kappa shape index (κ1) is 19.9. The number of fused-ring (bicyclic) bond motifs is 1. The molecule has 0 spiro atoms. The van der Waals surface area contributed by atoms with Crippen LogP contribution in [0.2, 0.25) is 0 Å². The van der Waals surface area contributed by atoms with Crippen LogP contribution in [0.25, 0.3) is 0 Å². The van der Waals surface area contributed by atoms with Crippen LogP contribution in [0, 0.1) is 11.8 Å². The molecule has 2 heterocycles. The van der Waals surface area contributed by atoms with Gasteiger partial charge in [-0.2, -0.15) is 4.98 Å². The van der Waals surface area contributed by atoms with Gasteiger partial charge in [-0.05, 0) is 68.7 Å². The summed E-state index contributed by atoms with van der Waals surface area (Å²) in [5.74, 6) is 3.48. The molecule has 2 atom stereocenters. The first-order chi connectivity index (χ1) is 13.3. The predicted octanol–water partition coefficient (Wildman–Crippen LogP) is 2.69. The van der Waals surface area contributed by atoms with Crippen molar-refractivity contribution in [1.29, 1.82) is 0 Å². The molecule has 1 saturated heterocycles. The fourth-order valence-electron chi connectivity index (χ4n) is 4.56. The van der Waals surface area contributed by atoms with E-state index in [9.17, 15) is 4.79 Å². The molecule has 1 aliphatic carbocycles. The molecule has 1 aromatic rings. The van der Waals surface area contributed by atoms with Crippen LogP contribution in [0.4, 0.5) is 5.82 Å². The molecule has 3 rings (SSSR count). The Morgan fingerprint density at radius 3 is 3.00 bits per heavy atom. The molecule has 27 heavy (non-hydrogen) atoms. The predicted molar refractivity (Wildman–Crippen MR) is 108 cm³/mol. The van der Waals surface area contributed by atoms with Crippen molar-refractivity contribution >= 4 is 12.2 Å². The minimum absolute atomic E-state index is 0.609. The Morgan fingerprint density at radius 2 is 2.15 bits per heavy atom. The molecule has 2 N–H and O–H groups in total. The molecule has 0 bridgehead atoms. The highest BCUT2D eigenvalue weighted by Gasteiger charge is 2.32. The Balaban J connectivity index is 1.34. The van der Waals surface area contributed by atoms with E-state index in [0.29, 0.717) is 19.0 Å². The van der Waals surface area contributed by atoms with Crippen molar-refractivity contribution < 1.29 is 9.53 Å². The van der Waals surface area contributed by atoms with Crippen molar-refractivity contribution in [3.63, 3.8) is 0 Å². The number of nitrogens with one attached hydrogen (secondary N) is 2. The Bertz CT molecular complexity index is 596. The van der Waals surface area contributed by atoms with Crippen LogP contribution in [-0.2, 0) is 11.2 Å². The number of hydrogen-bond acceptors (Lipinski definition) is 5. The molecule has 2 aliphatic rings. The maximum absolute atomic E-state index is 10.4. The largest absolute Gasteiger partial charge is 0.478 e. The summed E-state index contributed by atoms with van der Waals surface area (Å²) in [7, 11) is 1.86. The fourth-order valence-corrected chi connectivity index (χ4v) is 4.56. The summed E-state index contributed by atoms with van der Waals surface area (Å²) in [5.41, 5.74) is 1.08. The van der Waals surface area contributed by atoms with Crippen molar-refractivity contribution in [3.05, 3.63) is 17.7 Å². The van der Waals surface area contributed by atoms with Gasteiger partial charge in [0.1, 0.15) is 5.82 Å². The van der Waals surface area contributed by atoms with Gasteiger partial charge in [0.15, 0.2) is 0 Å². The minimum atomic E-state index is 0.609. The average molecular weight is 375 g/mol. The minimum Gasteiger partial charge on any atom is -0.478 e. The molecule has 6 heteroatoms. The third-order valence-corrected chi connectivity index (χ3v) is 6.06. The first-order valence-electron chi connectivity index (χ1n) is 10.5. The van der Waals surface area contributed by atoms with Gasteiger partial charge in [-0.1, -0.05) is 12.8 Å². The molecule has 0 radical (unpaired) electrons. The highest BCUT2D eigenvalue weighted by Crippen LogP contribution is 2.37. The molecule has 0 aromatic carbocycles. The van der Waals surface area contributed by atoms with Gasteiger partial charge in [-0.15, -0.1) is 0 Å². The third-order valence-electron chi connectivity index (χ3n) is 6.06. The molecule has 6 nitrogen and oxygen atoms in total. The topological polar surface area (TPSA) is 66.5 Å². The van der Waals surface area contributed by atoms with Crippen molar-refractivity contribution in [2.45, 2.75) is 44.9 Å². The highest BCUT2D eigenvalue weighted by molar-refractivity contribution is 5.48. The van der Waals surface area contributed by atoms with Crippen molar-refractivity contribution in [2.75, 3.05) is 45.2 Å². The van der Waals surface area contributed by atoms with E-state index in [4.69, 9.17) is 4.74 Å². The third kappa shape index (κ3) is 5.83. The highest BCUT2D eigenvalue weighted by atomic mass is 16.5.